The molecule has 2 saturated heterocycles. The van der Waals surface area contributed by atoms with E-state index in [2.05, 4.69) is 0 Å². The molecule has 0 aromatic heterocycles. The van der Waals surface area contributed by atoms with E-state index >= 15 is 4.39 Å². The zero-order chi connectivity index (χ0) is 17.6. The number of carboxylic acid groups (broad SMARTS) is 1. The predicted molar refractivity (Wildman–Crippen MR) is 89.3 cm³/mol. The summed E-state index contributed by atoms with van der Waals surface area (Å²) in [5.74, 6) is -1.88. The van der Waals surface area contributed by atoms with Gasteiger partial charge in [-0.25, -0.2) is 9.18 Å². The van der Waals surface area contributed by atoms with Crippen molar-refractivity contribution in [1.82, 2.24) is 4.90 Å². The molecule has 0 saturated carbocycles. The molecule has 2 heterocycles. The van der Waals surface area contributed by atoms with Gasteiger partial charge in [-0.15, -0.1) is 0 Å². The number of nitrogens with zero attached hydrogens (tertiary/aromatic N) is 2. The minimum atomic E-state index is -1.83. The molecule has 5 nitrogen and oxygen atoms in total. The number of halogens is 1. The third-order valence-corrected chi connectivity index (χ3v) is 5.24. The Bertz CT molecular complexity index is 691. The van der Waals surface area contributed by atoms with Gasteiger partial charge in [-0.3, -0.25) is 4.79 Å². The molecule has 0 bridgehead atoms. The molecular weight excluding hydrogens is 311 g/mol. The van der Waals surface area contributed by atoms with Gasteiger partial charge < -0.3 is 14.9 Å². The molecule has 1 amide bonds. The second-order valence-electron chi connectivity index (χ2n) is 7.22. The molecule has 1 aromatic rings. The summed E-state index contributed by atoms with van der Waals surface area (Å²) in [6, 6.07) is 4.96. The second-order valence-corrected chi connectivity index (χ2v) is 7.22. The summed E-state index contributed by atoms with van der Waals surface area (Å²) < 4.78 is 15.2. The number of rotatable bonds is 3. The molecule has 130 valence electrons. The predicted octanol–water partition coefficient (Wildman–Crippen LogP) is 2.51. The van der Waals surface area contributed by atoms with Crippen LogP contribution < -0.4 is 4.90 Å². The molecule has 2 aliphatic rings. The van der Waals surface area contributed by atoms with Crippen LogP contribution in [0.25, 0.3) is 0 Å². The minimum absolute atomic E-state index is 0.0585. The third-order valence-electron chi connectivity index (χ3n) is 5.24. The smallest absolute Gasteiger partial charge is 0.336 e. The Kier molecular flexibility index (Phi) is 4.11. The number of carbonyl (C=O) groups excluding carboxylic acids is 1. The van der Waals surface area contributed by atoms with Gasteiger partial charge >= 0.3 is 5.97 Å². The highest BCUT2D eigenvalue weighted by Crippen LogP contribution is 2.41. The van der Waals surface area contributed by atoms with E-state index in [-0.39, 0.29) is 23.8 Å². The van der Waals surface area contributed by atoms with Gasteiger partial charge in [0.1, 0.15) is 0 Å². The van der Waals surface area contributed by atoms with Gasteiger partial charge in [0.05, 0.1) is 5.56 Å². The first-order valence-corrected chi connectivity index (χ1v) is 8.30. The number of hydrogen-bond donors (Lipinski definition) is 1. The minimum Gasteiger partial charge on any atom is -0.478 e. The maximum Gasteiger partial charge on any atom is 0.336 e. The van der Waals surface area contributed by atoms with Gasteiger partial charge in [-0.1, -0.05) is 19.9 Å². The van der Waals surface area contributed by atoms with E-state index in [1.165, 1.54) is 11.0 Å². The summed E-state index contributed by atoms with van der Waals surface area (Å²) in [5.41, 5.74) is -0.469. The first-order valence-electron chi connectivity index (χ1n) is 8.30. The Morgan fingerprint density at radius 2 is 2.08 bits per heavy atom. The molecule has 0 unspecified atom stereocenters. The molecular formula is C18H23FN2O3. The van der Waals surface area contributed by atoms with Crippen LogP contribution in [0, 0.1) is 5.92 Å². The molecule has 3 rings (SSSR count). The van der Waals surface area contributed by atoms with Crippen LogP contribution in [0.15, 0.2) is 18.2 Å². The fourth-order valence-electron chi connectivity index (χ4n) is 3.81. The standard InChI is InChI=1S/C18H23FN2O3/c1-11(2)14-5-4-13(8-15(14)16(22)23)21-10-12-9-20(3)7-6-18(12,19)17(21)24/h4-5,8,11-12H,6-7,9-10H2,1-3H3,(H,22,23)/t12-,18+/m0/s1. The number of aromatic carboxylic acids is 1. The molecule has 24 heavy (non-hydrogen) atoms. The maximum absolute atomic E-state index is 15.2. The van der Waals surface area contributed by atoms with E-state index < -0.39 is 17.5 Å². The quantitative estimate of drug-likeness (QED) is 0.923. The lowest BCUT2D eigenvalue weighted by molar-refractivity contribution is -0.131. The van der Waals surface area contributed by atoms with Crippen molar-refractivity contribution in [3.8, 4) is 0 Å². The number of hydrogen-bond acceptors (Lipinski definition) is 3. The summed E-state index contributed by atoms with van der Waals surface area (Å²) in [5, 5.41) is 9.46. The largest absolute Gasteiger partial charge is 0.478 e. The van der Waals surface area contributed by atoms with Crippen molar-refractivity contribution >= 4 is 17.6 Å². The average molecular weight is 334 g/mol. The van der Waals surface area contributed by atoms with Crippen molar-refractivity contribution in [3.63, 3.8) is 0 Å². The van der Waals surface area contributed by atoms with Crippen LogP contribution in [0.5, 0.6) is 0 Å². The van der Waals surface area contributed by atoms with E-state index in [1.54, 1.807) is 12.1 Å². The number of benzene rings is 1. The van der Waals surface area contributed by atoms with Gasteiger partial charge in [-0.05, 0) is 30.7 Å². The number of anilines is 1. The Morgan fingerprint density at radius 3 is 2.71 bits per heavy atom. The summed E-state index contributed by atoms with van der Waals surface area (Å²) in [6.07, 6.45) is 0.194. The van der Waals surface area contributed by atoms with Crippen LogP contribution in [0.4, 0.5) is 10.1 Å². The number of fused-ring (bicyclic) bond motifs is 1. The van der Waals surface area contributed by atoms with E-state index in [9.17, 15) is 14.7 Å². The lowest BCUT2D eigenvalue weighted by Crippen LogP contribution is -2.49. The first-order chi connectivity index (χ1) is 11.2. The lowest BCUT2D eigenvalue weighted by Gasteiger charge is -2.34. The van der Waals surface area contributed by atoms with Gasteiger partial charge in [0.2, 0.25) is 0 Å². The Hall–Kier alpha value is -1.95. The Balaban J connectivity index is 1.97. The zero-order valence-corrected chi connectivity index (χ0v) is 14.3. The van der Waals surface area contributed by atoms with Crippen molar-refractivity contribution in [2.75, 3.05) is 31.6 Å². The normalized spacial score (nSPS) is 27.6. The molecule has 2 fully saturated rings. The van der Waals surface area contributed by atoms with Crippen LogP contribution in [0.2, 0.25) is 0 Å². The van der Waals surface area contributed by atoms with E-state index in [0.717, 1.165) is 0 Å². The summed E-state index contributed by atoms with van der Waals surface area (Å²) in [6.45, 7) is 5.22. The van der Waals surface area contributed by atoms with Crippen LogP contribution in [0.1, 0.15) is 42.1 Å². The fraction of sp³-hybridized carbons (Fsp3) is 0.556. The van der Waals surface area contributed by atoms with Crippen LogP contribution in [0.3, 0.4) is 0 Å². The van der Waals surface area contributed by atoms with Crippen molar-refractivity contribution in [1.29, 1.82) is 0 Å². The Labute approximate surface area is 141 Å². The maximum atomic E-state index is 15.2. The number of piperidine rings is 1. The molecule has 2 aliphatic heterocycles. The van der Waals surface area contributed by atoms with Crippen LogP contribution in [-0.2, 0) is 4.79 Å². The first kappa shape index (κ1) is 16.9. The summed E-state index contributed by atoms with van der Waals surface area (Å²) in [4.78, 5) is 27.6. The van der Waals surface area contributed by atoms with Gasteiger partial charge in [0, 0.05) is 37.7 Å². The molecule has 1 aromatic carbocycles. The Morgan fingerprint density at radius 1 is 1.38 bits per heavy atom. The molecule has 2 atom stereocenters. The molecule has 0 spiro atoms. The monoisotopic (exact) mass is 334 g/mol. The summed E-state index contributed by atoms with van der Waals surface area (Å²) in [7, 11) is 1.92. The van der Waals surface area contributed by atoms with Crippen molar-refractivity contribution < 1.29 is 19.1 Å². The van der Waals surface area contributed by atoms with Gasteiger partial charge in [0.15, 0.2) is 5.67 Å². The number of carbonyl (C=O) groups is 2. The lowest BCUT2D eigenvalue weighted by atomic mass is 9.85. The van der Waals surface area contributed by atoms with Crippen molar-refractivity contribution in [2.45, 2.75) is 31.9 Å². The van der Waals surface area contributed by atoms with E-state index in [4.69, 9.17) is 0 Å². The van der Waals surface area contributed by atoms with Gasteiger partial charge in [0.25, 0.3) is 5.91 Å². The second kappa shape index (κ2) is 5.84. The fourth-order valence-corrected chi connectivity index (χ4v) is 3.81. The van der Waals surface area contributed by atoms with Crippen molar-refractivity contribution in [3.05, 3.63) is 29.3 Å². The highest BCUT2D eigenvalue weighted by molar-refractivity contribution is 6.03. The number of likely N-dealkylation sites (tertiary alicyclic amines) is 1. The van der Waals surface area contributed by atoms with Crippen molar-refractivity contribution in [2.24, 2.45) is 5.92 Å². The third kappa shape index (κ3) is 2.59. The average Bonchev–Trinajstić information content (AvgIpc) is 2.79. The molecule has 0 radical (unpaired) electrons. The topological polar surface area (TPSA) is 60.9 Å². The van der Waals surface area contributed by atoms with E-state index in [0.29, 0.717) is 30.9 Å². The van der Waals surface area contributed by atoms with Crippen LogP contribution >= 0.6 is 0 Å². The number of carboxylic acids is 1. The van der Waals surface area contributed by atoms with Gasteiger partial charge in [-0.2, -0.15) is 0 Å². The highest BCUT2D eigenvalue weighted by Gasteiger charge is 2.57. The van der Waals surface area contributed by atoms with Crippen LogP contribution in [-0.4, -0.2) is 54.2 Å². The summed E-state index contributed by atoms with van der Waals surface area (Å²) >= 11 is 0. The zero-order valence-electron chi connectivity index (χ0n) is 14.3. The molecule has 0 aliphatic carbocycles. The number of alkyl halides is 1. The highest BCUT2D eigenvalue weighted by atomic mass is 19.1. The SMILES string of the molecule is CC(C)c1ccc(N2C[C@@H]3CN(C)CC[C@]3(F)C2=O)cc1C(=O)O. The number of amides is 1. The van der Waals surface area contributed by atoms with E-state index in [1.807, 2.05) is 25.8 Å². The molecule has 1 N–H and O–H groups in total. The molecule has 6 heteroatoms.